The van der Waals surface area contributed by atoms with Crippen molar-refractivity contribution in [1.29, 1.82) is 0 Å². The van der Waals surface area contributed by atoms with Gasteiger partial charge in [-0.05, 0) is 30.3 Å². The van der Waals surface area contributed by atoms with Crippen LogP contribution in [0.3, 0.4) is 0 Å². The lowest BCUT2D eigenvalue weighted by Crippen LogP contribution is -2.38. The minimum absolute atomic E-state index is 0.0946. The van der Waals surface area contributed by atoms with Crippen LogP contribution in [-0.4, -0.2) is 35.4 Å². The van der Waals surface area contributed by atoms with Crippen LogP contribution in [0, 0.1) is 5.82 Å². The number of carbonyl (C=O) groups is 1. The summed E-state index contributed by atoms with van der Waals surface area (Å²) in [6.45, 7) is -0.508. The Labute approximate surface area is 128 Å². The van der Waals surface area contributed by atoms with E-state index in [1.165, 1.54) is 30.3 Å². The zero-order valence-electron chi connectivity index (χ0n) is 11.6. The molecule has 0 saturated heterocycles. The highest BCUT2D eigenvalue weighted by Crippen LogP contribution is 2.18. The minimum atomic E-state index is -4.92. The number of carbonyl (C=O) groups excluding carboxylic acids is 1. The molecule has 0 aliphatic rings. The highest BCUT2D eigenvalue weighted by atomic mass is 19.4. The molecule has 0 bridgehead atoms. The topological polar surface area (TPSA) is 64.1 Å². The quantitative estimate of drug-likeness (QED) is 0.675. The summed E-state index contributed by atoms with van der Waals surface area (Å²) in [5.74, 6) is -2.31. The fourth-order valence-corrected chi connectivity index (χ4v) is 1.59. The lowest BCUT2D eigenvalue weighted by atomic mass is 10.1. The number of nitrogens with zero attached hydrogens (tertiary/aromatic N) is 2. The van der Waals surface area contributed by atoms with Gasteiger partial charge in [0.25, 0.3) is 0 Å². The van der Waals surface area contributed by atoms with Crippen LogP contribution in [0.5, 0.6) is 5.88 Å². The number of rotatable bonds is 5. The first-order valence-electron chi connectivity index (χ1n) is 6.44. The van der Waals surface area contributed by atoms with Gasteiger partial charge in [-0.25, -0.2) is 4.39 Å². The van der Waals surface area contributed by atoms with Gasteiger partial charge in [-0.1, -0.05) is 0 Å². The molecular weight excluding hydrogens is 318 g/mol. The van der Waals surface area contributed by atoms with Gasteiger partial charge in [-0.2, -0.15) is 13.2 Å². The third-order valence-electron chi connectivity index (χ3n) is 2.68. The summed E-state index contributed by atoms with van der Waals surface area (Å²) in [7, 11) is 0. The second-order valence-corrected chi connectivity index (χ2v) is 4.37. The third kappa shape index (κ3) is 4.90. The van der Waals surface area contributed by atoms with Crippen molar-refractivity contribution in [3.63, 3.8) is 0 Å². The molecule has 2 aromatic rings. The summed E-state index contributed by atoms with van der Waals surface area (Å²) in [5.41, 5.74) is 1.14. The number of hydrogen-bond acceptors (Lipinski definition) is 4. The number of hydrogen-bond donors (Lipinski definition) is 1. The highest BCUT2D eigenvalue weighted by molar-refractivity contribution is 5.81. The van der Waals surface area contributed by atoms with Crippen LogP contribution in [0.4, 0.5) is 17.6 Å². The largest absolute Gasteiger partial charge is 0.475 e. The second-order valence-electron chi connectivity index (χ2n) is 4.37. The number of amides is 1. The Hall–Kier alpha value is -2.71. The van der Waals surface area contributed by atoms with Crippen molar-refractivity contribution in [2.45, 2.75) is 6.18 Å². The number of alkyl halides is 3. The van der Waals surface area contributed by atoms with Gasteiger partial charge in [-0.3, -0.25) is 4.79 Å². The van der Waals surface area contributed by atoms with Crippen molar-refractivity contribution in [2.75, 3.05) is 13.2 Å². The number of halogens is 4. The van der Waals surface area contributed by atoms with Crippen LogP contribution in [0.1, 0.15) is 0 Å². The zero-order chi connectivity index (χ0) is 16.9. The number of benzene rings is 1. The third-order valence-corrected chi connectivity index (χ3v) is 2.68. The van der Waals surface area contributed by atoms with E-state index in [0.717, 1.165) is 0 Å². The Morgan fingerprint density at radius 1 is 1.09 bits per heavy atom. The van der Waals surface area contributed by atoms with E-state index in [9.17, 15) is 22.4 Å². The van der Waals surface area contributed by atoms with Crippen molar-refractivity contribution < 1.29 is 27.1 Å². The van der Waals surface area contributed by atoms with E-state index >= 15 is 0 Å². The molecule has 9 heteroatoms. The fraction of sp³-hybridized carbons (Fsp3) is 0.214. The van der Waals surface area contributed by atoms with E-state index in [2.05, 4.69) is 10.2 Å². The molecule has 1 N–H and O–H groups in total. The molecule has 0 atom stereocenters. The lowest BCUT2D eigenvalue weighted by Gasteiger charge is -2.08. The molecule has 0 saturated carbocycles. The Bertz CT molecular complexity index is 657. The van der Waals surface area contributed by atoms with E-state index in [0.29, 0.717) is 11.3 Å². The standard InChI is InChI=1S/C14H11F4N3O2/c15-10-3-1-9(2-4-10)11-5-6-12(21-20-11)23-8-7-19-13(22)14(16,17)18/h1-6H,7-8H2,(H,19,22). The molecule has 23 heavy (non-hydrogen) atoms. The molecular formula is C14H11F4N3O2. The number of ether oxygens (including phenoxy) is 1. The Balaban J connectivity index is 1.84. The van der Waals surface area contributed by atoms with Crippen LogP contribution < -0.4 is 10.1 Å². The molecule has 1 amide bonds. The summed E-state index contributed by atoms with van der Waals surface area (Å²) in [4.78, 5) is 10.6. The van der Waals surface area contributed by atoms with E-state index in [-0.39, 0.29) is 24.8 Å². The first-order valence-corrected chi connectivity index (χ1v) is 6.44. The Morgan fingerprint density at radius 2 is 1.78 bits per heavy atom. The summed E-state index contributed by atoms with van der Waals surface area (Å²) >= 11 is 0. The maximum atomic E-state index is 12.8. The monoisotopic (exact) mass is 329 g/mol. The lowest BCUT2D eigenvalue weighted by molar-refractivity contribution is -0.173. The normalized spacial score (nSPS) is 11.1. The van der Waals surface area contributed by atoms with Crippen molar-refractivity contribution in [1.82, 2.24) is 15.5 Å². The summed E-state index contributed by atoms with van der Waals surface area (Å²) < 4.78 is 53.7. The SMILES string of the molecule is O=C(NCCOc1ccc(-c2ccc(F)cc2)nn1)C(F)(F)F. The number of aromatic nitrogens is 2. The van der Waals surface area contributed by atoms with Gasteiger partial charge in [-0.15, -0.1) is 10.2 Å². The van der Waals surface area contributed by atoms with Crippen molar-refractivity contribution >= 4 is 5.91 Å². The molecule has 5 nitrogen and oxygen atoms in total. The Kier molecular flexibility index (Phi) is 5.09. The predicted molar refractivity (Wildman–Crippen MR) is 72.0 cm³/mol. The first-order chi connectivity index (χ1) is 10.9. The van der Waals surface area contributed by atoms with Crippen LogP contribution in [-0.2, 0) is 4.79 Å². The summed E-state index contributed by atoms with van der Waals surface area (Å²) in [5, 5.41) is 9.27. The average molecular weight is 329 g/mol. The zero-order valence-corrected chi connectivity index (χ0v) is 11.6. The summed E-state index contributed by atoms with van der Waals surface area (Å²) in [6, 6.07) is 8.68. The molecule has 1 aromatic heterocycles. The van der Waals surface area contributed by atoms with Gasteiger partial charge in [0.05, 0.1) is 12.2 Å². The van der Waals surface area contributed by atoms with Crippen LogP contribution in [0.15, 0.2) is 36.4 Å². The van der Waals surface area contributed by atoms with E-state index < -0.39 is 12.1 Å². The molecule has 0 aliphatic heterocycles. The molecule has 2 rings (SSSR count). The van der Waals surface area contributed by atoms with Gasteiger partial charge < -0.3 is 10.1 Å². The van der Waals surface area contributed by atoms with Crippen LogP contribution in [0.2, 0.25) is 0 Å². The predicted octanol–water partition coefficient (Wildman–Crippen LogP) is 2.34. The molecule has 0 spiro atoms. The smallest absolute Gasteiger partial charge is 0.471 e. The van der Waals surface area contributed by atoms with Gasteiger partial charge >= 0.3 is 12.1 Å². The minimum Gasteiger partial charge on any atom is -0.475 e. The molecule has 0 unspecified atom stereocenters. The van der Waals surface area contributed by atoms with E-state index in [1.54, 1.807) is 11.4 Å². The molecule has 1 heterocycles. The van der Waals surface area contributed by atoms with Gasteiger partial charge in [0.15, 0.2) is 0 Å². The maximum Gasteiger partial charge on any atom is 0.471 e. The molecule has 0 fully saturated rings. The van der Waals surface area contributed by atoms with Crippen molar-refractivity contribution in [2.24, 2.45) is 0 Å². The van der Waals surface area contributed by atoms with E-state index in [1.807, 2.05) is 0 Å². The Morgan fingerprint density at radius 3 is 2.35 bits per heavy atom. The molecule has 0 radical (unpaired) electrons. The first kappa shape index (κ1) is 16.7. The van der Waals surface area contributed by atoms with E-state index in [4.69, 9.17) is 4.74 Å². The van der Waals surface area contributed by atoms with Crippen LogP contribution in [0.25, 0.3) is 11.3 Å². The van der Waals surface area contributed by atoms with Gasteiger partial charge in [0, 0.05) is 11.6 Å². The van der Waals surface area contributed by atoms with Gasteiger partial charge in [0.1, 0.15) is 12.4 Å². The molecule has 1 aromatic carbocycles. The van der Waals surface area contributed by atoms with Gasteiger partial charge in [0.2, 0.25) is 5.88 Å². The van der Waals surface area contributed by atoms with Crippen molar-refractivity contribution in [3.05, 3.63) is 42.2 Å². The maximum absolute atomic E-state index is 12.8. The summed E-state index contributed by atoms with van der Waals surface area (Å²) in [6.07, 6.45) is -4.92. The van der Waals surface area contributed by atoms with Crippen molar-refractivity contribution in [3.8, 4) is 17.1 Å². The highest BCUT2D eigenvalue weighted by Gasteiger charge is 2.38. The fourth-order valence-electron chi connectivity index (χ4n) is 1.59. The average Bonchev–Trinajstić information content (AvgIpc) is 2.52. The number of nitrogens with one attached hydrogen (secondary N) is 1. The molecule has 0 aliphatic carbocycles. The van der Waals surface area contributed by atoms with Crippen LogP contribution >= 0.6 is 0 Å². The second kappa shape index (κ2) is 7.03. The molecule has 122 valence electrons.